The highest BCUT2D eigenvalue weighted by atomic mass is 32.2. The zero-order chi connectivity index (χ0) is 29.9. The second kappa shape index (κ2) is 12.6. The van der Waals surface area contributed by atoms with Crippen LogP contribution in [0.5, 0.6) is 0 Å². The standard InChI is InChI=1S/C26H31FN4O7S3/c1-31(10-11-38-2)23(32)19-7-5-17(13-20(19)27)18-6-8-21-22(14-18)39-25(30-21)26(40(34)35,15-16-3-4-16)24(33)29-9-12-41(28,36)37/h5-8,13-14,16H,3-4,9-12,15H2,1-2H3,(H,29,33)(H,34,35)(H2,28,36,37). The zero-order valence-corrected chi connectivity index (χ0v) is 24.9. The summed E-state index contributed by atoms with van der Waals surface area (Å²) in [6.07, 6.45) is 1.67. The van der Waals surface area contributed by atoms with Crippen LogP contribution in [-0.4, -0.2) is 78.5 Å². The Bertz CT molecular complexity index is 1590. The van der Waals surface area contributed by atoms with Crippen LogP contribution in [0.25, 0.3) is 21.3 Å². The molecular formula is C26H31FN4O7S3. The molecule has 1 aliphatic rings. The molecule has 2 atom stereocenters. The average Bonchev–Trinajstić information content (AvgIpc) is 3.63. The minimum Gasteiger partial charge on any atom is -0.383 e. The first kappa shape index (κ1) is 31.1. The van der Waals surface area contributed by atoms with Gasteiger partial charge < -0.3 is 19.5 Å². The van der Waals surface area contributed by atoms with Gasteiger partial charge in [-0.05, 0) is 47.7 Å². The molecule has 3 aromatic rings. The van der Waals surface area contributed by atoms with Crippen molar-refractivity contribution in [2.24, 2.45) is 11.1 Å². The molecule has 1 saturated carbocycles. The van der Waals surface area contributed by atoms with E-state index in [1.165, 1.54) is 24.1 Å². The van der Waals surface area contributed by atoms with E-state index >= 15 is 0 Å². The molecule has 1 heterocycles. The lowest BCUT2D eigenvalue weighted by Crippen LogP contribution is -2.49. The number of ether oxygens (including phenoxy) is 1. The van der Waals surface area contributed by atoms with E-state index in [9.17, 15) is 31.2 Å². The predicted octanol–water partition coefficient (Wildman–Crippen LogP) is 2.44. The number of thiazole rings is 1. The second-order valence-electron chi connectivity index (χ2n) is 9.96. The van der Waals surface area contributed by atoms with Crippen molar-refractivity contribution >= 4 is 54.5 Å². The fraction of sp³-hybridized carbons (Fsp3) is 0.423. The van der Waals surface area contributed by atoms with Crippen LogP contribution in [0.2, 0.25) is 0 Å². The van der Waals surface area contributed by atoms with Crippen molar-refractivity contribution in [2.75, 3.05) is 39.6 Å². The van der Waals surface area contributed by atoms with E-state index in [1.807, 2.05) is 0 Å². The number of nitrogens with two attached hydrogens (primary N) is 1. The molecule has 2 unspecified atom stereocenters. The van der Waals surface area contributed by atoms with Gasteiger partial charge in [0, 0.05) is 27.2 Å². The number of hydrogen-bond donors (Lipinski definition) is 3. The first-order valence-corrected chi connectivity index (χ1v) is 16.3. The van der Waals surface area contributed by atoms with Crippen LogP contribution in [0.4, 0.5) is 4.39 Å². The molecule has 0 spiro atoms. The molecule has 11 nitrogen and oxygen atoms in total. The number of primary sulfonamides is 1. The first-order valence-electron chi connectivity index (χ1n) is 12.7. The van der Waals surface area contributed by atoms with Crippen molar-refractivity contribution in [1.29, 1.82) is 0 Å². The third-order valence-electron chi connectivity index (χ3n) is 6.85. The number of carbonyl (C=O) groups excluding carboxylic acids is 2. The van der Waals surface area contributed by atoms with Crippen molar-refractivity contribution in [3.63, 3.8) is 0 Å². The average molecular weight is 627 g/mol. The number of amides is 2. The monoisotopic (exact) mass is 626 g/mol. The number of halogens is 1. The number of hydrogen-bond acceptors (Lipinski definition) is 8. The number of sulfonamides is 1. The summed E-state index contributed by atoms with van der Waals surface area (Å²) < 4.78 is 64.5. The summed E-state index contributed by atoms with van der Waals surface area (Å²) in [4.78, 5) is 31.8. The van der Waals surface area contributed by atoms with Crippen LogP contribution in [0.3, 0.4) is 0 Å². The first-order chi connectivity index (χ1) is 19.4. The summed E-state index contributed by atoms with van der Waals surface area (Å²) in [7, 11) is -0.774. The lowest BCUT2D eigenvalue weighted by molar-refractivity contribution is -0.124. The molecule has 0 radical (unpaired) electrons. The second-order valence-corrected chi connectivity index (χ2v) is 13.9. The molecular weight excluding hydrogens is 596 g/mol. The molecule has 1 fully saturated rings. The molecule has 1 aliphatic carbocycles. The van der Waals surface area contributed by atoms with Crippen molar-refractivity contribution in [1.82, 2.24) is 15.2 Å². The Labute approximate surface area is 243 Å². The highest BCUT2D eigenvalue weighted by Crippen LogP contribution is 2.46. The van der Waals surface area contributed by atoms with Crippen LogP contribution in [0, 0.1) is 11.7 Å². The zero-order valence-electron chi connectivity index (χ0n) is 22.5. The predicted molar refractivity (Wildman–Crippen MR) is 155 cm³/mol. The molecule has 0 bridgehead atoms. The molecule has 15 heteroatoms. The maximum absolute atomic E-state index is 15.0. The fourth-order valence-corrected chi connectivity index (χ4v) is 6.99. The summed E-state index contributed by atoms with van der Waals surface area (Å²) in [5.74, 6) is -2.43. The summed E-state index contributed by atoms with van der Waals surface area (Å²) >= 11 is -1.60. The quantitative estimate of drug-likeness (QED) is 0.243. The van der Waals surface area contributed by atoms with Crippen molar-refractivity contribution in [3.05, 3.63) is 52.8 Å². The molecule has 0 aliphatic heterocycles. The maximum Gasteiger partial charge on any atom is 0.256 e. The normalized spacial score (nSPS) is 15.8. The molecule has 4 N–H and O–H groups in total. The van der Waals surface area contributed by atoms with Gasteiger partial charge in [0.25, 0.3) is 5.91 Å². The van der Waals surface area contributed by atoms with Crippen LogP contribution < -0.4 is 10.5 Å². The van der Waals surface area contributed by atoms with Gasteiger partial charge in [0.1, 0.15) is 10.8 Å². The Hall–Kier alpha value is -2.82. The highest BCUT2D eigenvalue weighted by Gasteiger charge is 2.52. The SMILES string of the molecule is COCCN(C)C(=O)c1ccc(-c2ccc3nc(C(CC4CC4)(C(=O)NCCS(N)(=O)=O)S(=O)O)sc3c2)cc1F. The van der Waals surface area contributed by atoms with Crippen LogP contribution >= 0.6 is 11.3 Å². The minimum absolute atomic E-state index is 0.0513. The molecule has 4 rings (SSSR count). The van der Waals surface area contributed by atoms with Gasteiger partial charge in [-0.1, -0.05) is 25.0 Å². The van der Waals surface area contributed by atoms with E-state index in [2.05, 4.69) is 10.3 Å². The Morgan fingerprint density at radius 3 is 2.56 bits per heavy atom. The third-order valence-corrected chi connectivity index (χ3v) is 10.1. The van der Waals surface area contributed by atoms with E-state index in [4.69, 9.17) is 9.88 Å². The number of methoxy groups -OCH3 is 1. The lowest BCUT2D eigenvalue weighted by atomic mass is 10.0. The van der Waals surface area contributed by atoms with E-state index < -0.39 is 49.2 Å². The molecule has 41 heavy (non-hydrogen) atoms. The number of nitrogens with zero attached hydrogens (tertiary/aromatic N) is 2. The third kappa shape index (κ3) is 7.16. The lowest BCUT2D eigenvalue weighted by Gasteiger charge is -2.27. The van der Waals surface area contributed by atoms with E-state index in [0.717, 1.165) is 24.2 Å². The Morgan fingerprint density at radius 1 is 1.27 bits per heavy atom. The van der Waals surface area contributed by atoms with E-state index in [1.54, 1.807) is 31.3 Å². The van der Waals surface area contributed by atoms with Gasteiger partial charge in [-0.25, -0.2) is 27.1 Å². The van der Waals surface area contributed by atoms with Gasteiger partial charge in [0.2, 0.25) is 20.7 Å². The van der Waals surface area contributed by atoms with Gasteiger partial charge in [-0.15, -0.1) is 11.3 Å². The van der Waals surface area contributed by atoms with Gasteiger partial charge in [-0.2, -0.15) is 0 Å². The maximum atomic E-state index is 15.0. The number of aromatic nitrogens is 1. The molecule has 2 amide bonds. The number of likely N-dealkylation sites (N-methyl/N-ethyl adjacent to an activating group) is 1. The van der Waals surface area contributed by atoms with Gasteiger partial charge >= 0.3 is 0 Å². The molecule has 2 aromatic carbocycles. The van der Waals surface area contributed by atoms with Crippen LogP contribution in [-0.2, 0) is 35.4 Å². The van der Waals surface area contributed by atoms with Gasteiger partial charge in [-0.3, -0.25) is 9.59 Å². The van der Waals surface area contributed by atoms with Gasteiger partial charge in [0.05, 0.1) is 28.1 Å². The Morgan fingerprint density at radius 2 is 1.95 bits per heavy atom. The Balaban J connectivity index is 1.66. The highest BCUT2D eigenvalue weighted by molar-refractivity contribution is 7.89. The fourth-order valence-electron chi connectivity index (χ4n) is 4.36. The summed E-state index contributed by atoms with van der Waals surface area (Å²) in [6, 6.07) is 9.42. The molecule has 0 saturated heterocycles. The smallest absolute Gasteiger partial charge is 0.256 e. The van der Waals surface area contributed by atoms with E-state index in [0.29, 0.717) is 34.5 Å². The summed E-state index contributed by atoms with van der Waals surface area (Å²) in [6.45, 7) is 0.316. The van der Waals surface area contributed by atoms with Crippen molar-refractivity contribution in [2.45, 2.75) is 24.0 Å². The van der Waals surface area contributed by atoms with Crippen molar-refractivity contribution in [3.8, 4) is 11.1 Å². The van der Waals surface area contributed by atoms with Crippen LogP contribution in [0.15, 0.2) is 36.4 Å². The van der Waals surface area contributed by atoms with Gasteiger partial charge in [0.15, 0.2) is 11.1 Å². The largest absolute Gasteiger partial charge is 0.383 e. The number of benzene rings is 2. The van der Waals surface area contributed by atoms with Crippen LogP contribution in [0.1, 0.15) is 34.6 Å². The van der Waals surface area contributed by atoms with Crippen molar-refractivity contribution < 1.29 is 35.9 Å². The summed E-state index contributed by atoms with van der Waals surface area (Å²) in [5.41, 5.74) is 1.53. The summed E-state index contributed by atoms with van der Waals surface area (Å²) in [5, 5.41) is 7.60. The molecule has 1 aromatic heterocycles. The Kier molecular flexibility index (Phi) is 9.56. The minimum atomic E-state index is -3.85. The molecule has 222 valence electrons. The topological polar surface area (TPSA) is 169 Å². The number of carbonyl (C=O) groups is 2. The number of rotatable bonds is 13. The van der Waals surface area contributed by atoms with E-state index in [-0.39, 0.29) is 29.5 Å². The number of nitrogens with one attached hydrogen (secondary N) is 1. The number of fused-ring (bicyclic) bond motifs is 1.